The van der Waals surface area contributed by atoms with Gasteiger partial charge in [-0.15, -0.1) is 0 Å². The first kappa shape index (κ1) is 22.2. The van der Waals surface area contributed by atoms with E-state index >= 15 is 0 Å². The number of ketones is 1. The van der Waals surface area contributed by atoms with Crippen LogP contribution in [0.2, 0.25) is 6.04 Å². The monoisotopic (exact) mass is 395 g/mol. The van der Waals surface area contributed by atoms with Crippen LogP contribution in [-0.4, -0.2) is 72.7 Å². The van der Waals surface area contributed by atoms with Crippen molar-refractivity contribution in [2.24, 2.45) is 0 Å². The molecule has 0 bridgehead atoms. The molecule has 0 aliphatic carbocycles. The fraction of sp³-hybridized carbons (Fsp3) is 0.650. The Hall–Kier alpha value is -1.09. The normalized spacial score (nSPS) is 16.5. The predicted octanol–water partition coefficient (Wildman–Crippen LogP) is 2.71. The van der Waals surface area contributed by atoms with Gasteiger partial charge in [-0.1, -0.05) is 23.8 Å². The minimum atomic E-state index is -2.69. The van der Waals surface area contributed by atoms with Crippen LogP contribution < -0.4 is 0 Å². The Bertz CT molecular complexity index is 631. The van der Waals surface area contributed by atoms with E-state index in [0.29, 0.717) is 25.7 Å². The quantitative estimate of drug-likeness (QED) is 0.473. The van der Waals surface area contributed by atoms with Gasteiger partial charge < -0.3 is 18.0 Å². The Labute approximate surface area is 164 Å². The summed E-state index contributed by atoms with van der Waals surface area (Å²) in [6.07, 6.45) is 0.670. The van der Waals surface area contributed by atoms with Crippen molar-refractivity contribution in [2.75, 3.05) is 47.6 Å². The molecule has 1 fully saturated rings. The van der Waals surface area contributed by atoms with E-state index in [-0.39, 0.29) is 5.78 Å². The molecule has 1 aliphatic rings. The number of rotatable bonds is 9. The van der Waals surface area contributed by atoms with E-state index in [1.165, 1.54) is 0 Å². The summed E-state index contributed by atoms with van der Waals surface area (Å²) in [4.78, 5) is 15.7. The maximum Gasteiger partial charge on any atom is 0.500 e. The molecule has 0 saturated carbocycles. The number of aryl methyl sites for hydroxylation is 2. The number of Topliss-reactive ketones (excluding diaryl/α,β-unsaturated/α-hetero) is 1. The van der Waals surface area contributed by atoms with Gasteiger partial charge in [0, 0.05) is 46.0 Å². The molecule has 0 N–H and O–H groups in total. The third-order valence-electron chi connectivity index (χ3n) is 5.50. The Morgan fingerprint density at radius 2 is 1.74 bits per heavy atom. The fourth-order valence-corrected chi connectivity index (χ4v) is 5.28. The van der Waals surface area contributed by atoms with E-state index in [1.807, 2.05) is 32.9 Å². The second-order valence-corrected chi connectivity index (χ2v) is 10.5. The number of nitrogens with zero attached hydrogens (tertiary/aromatic N) is 1. The van der Waals surface area contributed by atoms with Gasteiger partial charge in [-0.05, 0) is 32.8 Å². The summed E-state index contributed by atoms with van der Waals surface area (Å²) < 4.78 is 22.1. The first-order chi connectivity index (χ1) is 12.8. The molecule has 1 heterocycles. The second-order valence-electron chi connectivity index (χ2n) is 7.44. The molecule has 1 aromatic rings. The summed E-state index contributed by atoms with van der Waals surface area (Å²) in [5.74, 6) is 0.138. The molecule has 0 amide bonds. The lowest BCUT2D eigenvalue weighted by Gasteiger charge is -2.40. The summed E-state index contributed by atoms with van der Waals surface area (Å²) in [7, 11) is 2.15. The van der Waals surface area contributed by atoms with Gasteiger partial charge in [0.1, 0.15) is 0 Å². The van der Waals surface area contributed by atoms with Gasteiger partial charge in [0.25, 0.3) is 0 Å². The van der Waals surface area contributed by atoms with Gasteiger partial charge in [-0.3, -0.25) is 9.69 Å². The zero-order chi connectivity index (χ0) is 20.1. The molecule has 6 nitrogen and oxygen atoms in total. The van der Waals surface area contributed by atoms with Crippen LogP contribution in [0.1, 0.15) is 35.3 Å². The molecule has 27 heavy (non-hydrogen) atoms. The van der Waals surface area contributed by atoms with Crippen LogP contribution in [0.3, 0.4) is 0 Å². The third-order valence-corrected chi connectivity index (χ3v) is 8.22. The summed E-state index contributed by atoms with van der Waals surface area (Å²) in [5.41, 5.74) is 2.34. The van der Waals surface area contributed by atoms with Gasteiger partial charge >= 0.3 is 8.80 Å². The van der Waals surface area contributed by atoms with Crippen molar-refractivity contribution in [3.05, 3.63) is 34.9 Å². The molecule has 1 aliphatic heterocycles. The third kappa shape index (κ3) is 5.04. The highest BCUT2D eigenvalue weighted by molar-refractivity contribution is 6.60. The van der Waals surface area contributed by atoms with Crippen molar-refractivity contribution in [3.8, 4) is 0 Å². The van der Waals surface area contributed by atoms with Crippen LogP contribution in [-0.2, 0) is 24.4 Å². The molecule has 0 spiro atoms. The molecule has 0 aromatic heterocycles. The van der Waals surface area contributed by atoms with Crippen LogP contribution in [0.4, 0.5) is 0 Å². The van der Waals surface area contributed by atoms with Crippen LogP contribution >= 0.6 is 0 Å². The number of carbonyl (C=O) groups is 1. The van der Waals surface area contributed by atoms with Crippen LogP contribution in [0.15, 0.2) is 18.2 Å². The van der Waals surface area contributed by atoms with Crippen LogP contribution in [0, 0.1) is 6.92 Å². The number of ether oxygens (including phenoxy) is 1. The molecule has 1 saturated heterocycles. The van der Waals surface area contributed by atoms with Gasteiger partial charge in [0.05, 0.1) is 18.8 Å². The molecule has 0 unspecified atom stereocenters. The van der Waals surface area contributed by atoms with Crippen LogP contribution in [0.25, 0.3) is 0 Å². The summed E-state index contributed by atoms with van der Waals surface area (Å²) >= 11 is 0. The molecule has 1 aromatic carbocycles. The molecule has 0 radical (unpaired) electrons. The first-order valence-electron chi connectivity index (χ1n) is 9.42. The van der Waals surface area contributed by atoms with Crippen molar-refractivity contribution in [1.82, 2.24) is 4.90 Å². The lowest BCUT2D eigenvalue weighted by Crippen LogP contribution is -2.54. The highest BCUT2D eigenvalue weighted by Gasteiger charge is 2.39. The standard InChI is InChI=1S/C20H33NO5Si/c1-16-7-8-18(17(15-16)9-14-27(23-4,24-5)25-6)19(22)20(2,3)21-10-12-26-13-11-21/h7-8,15H,9-14H2,1-6H3. The van der Waals surface area contributed by atoms with E-state index < -0.39 is 14.3 Å². The van der Waals surface area contributed by atoms with Crippen molar-refractivity contribution >= 4 is 14.6 Å². The minimum absolute atomic E-state index is 0.138. The Morgan fingerprint density at radius 3 is 2.30 bits per heavy atom. The second kappa shape index (κ2) is 9.40. The van der Waals surface area contributed by atoms with Gasteiger partial charge in [-0.2, -0.15) is 0 Å². The Balaban J connectivity index is 2.27. The van der Waals surface area contributed by atoms with Gasteiger partial charge in [0.15, 0.2) is 5.78 Å². The van der Waals surface area contributed by atoms with Crippen molar-refractivity contribution in [1.29, 1.82) is 0 Å². The molecule has 7 heteroatoms. The van der Waals surface area contributed by atoms with E-state index in [9.17, 15) is 4.79 Å². The van der Waals surface area contributed by atoms with E-state index in [1.54, 1.807) is 21.3 Å². The van der Waals surface area contributed by atoms with Crippen molar-refractivity contribution < 1.29 is 22.8 Å². The van der Waals surface area contributed by atoms with Crippen LogP contribution in [0.5, 0.6) is 0 Å². The predicted molar refractivity (Wildman–Crippen MR) is 107 cm³/mol. The van der Waals surface area contributed by atoms with Gasteiger partial charge in [0.2, 0.25) is 0 Å². The van der Waals surface area contributed by atoms with E-state index in [0.717, 1.165) is 29.8 Å². The summed E-state index contributed by atoms with van der Waals surface area (Å²) in [6.45, 7) is 8.92. The zero-order valence-electron chi connectivity index (χ0n) is 17.5. The number of benzene rings is 1. The maximum atomic E-state index is 13.5. The molecular formula is C20H33NO5Si. The Kier molecular flexibility index (Phi) is 7.73. The fourth-order valence-electron chi connectivity index (χ4n) is 3.59. The highest BCUT2D eigenvalue weighted by atomic mass is 28.4. The number of carbonyl (C=O) groups excluding carboxylic acids is 1. The number of morpholine rings is 1. The van der Waals surface area contributed by atoms with E-state index in [4.69, 9.17) is 18.0 Å². The summed E-state index contributed by atoms with van der Waals surface area (Å²) in [5, 5.41) is 0. The largest absolute Gasteiger partial charge is 0.500 e. The van der Waals surface area contributed by atoms with Gasteiger partial charge in [-0.25, -0.2) is 0 Å². The molecule has 152 valence electrons. The molecule has 2 rings (SSSR count). The first-order valence-corrected chi connectivity index (χ1v) is 11.4. The summed E-state index contributed by atoms with van der Waals surface area (Å²) in [6, 6.07) is 6.66. The number of hydrogen-bond donors (Lipinski definition) is 0. The smallest absolute Gasteiger partial charge is 0.379 e. The topological polar surface area (TPSA) is 57.2 Å². The SMILES string of the molecule is CO[Si](CCc1cc(C)ccc1C(=O)C(C)(C)N1CCOCC1)(OC)OC. The maximum absolute atomic E-state index is 13.5. The average Bonchev–Trinajstić information content (AvgIpc) is 2.70. The minimum Gasteiger partial charge on any atom is -0.379 e. The number of hydrogen-bond acceptors (Lipinski definition) is 6. The Morgan fingerprint density at radius 1 is 1.15 bits per heavy atom. The molecule has 0 atom stereocenters. The lowest BCUT2D eigenvalue weighted by molar-refractivity contribution is -0.00433. The van der Waals surface area contributed by atoms with Crippen molar-refractivity contribution in [2.45, 2.75) is 38.8 Å². The lowest BCUT2D eigenvalue weighted by atomic mass is 9.87. The zero-order valence-corrected chi connectivity index (χ0v) is 18.5. The average molecular weight is 396 g/mol. The van der Waals surface area contributed by atoms with E-state index in [2.05, 4.69) is 11.0 Å². The van der Waals surface area contributed by atoms with Crippen molar-refractivity contribution in [3.63, 3.8) is 0 Å². The molecular weight excluding hydrogens is 362 g/mol. The highest BCUT2D eigenvalue weighted by Crippen LogP contribution is 2.26.